The van der Waals surface area contributed by atoms with E-state index in [1.54, 1.807) is 6.07 Å². The van der Waals surface area contributed by atoms with Crippen LogP contribution in [0.1, 0.15) is 38.0 Å². The molecule has 0 fully saturated rings. The van der Waals surface area contributed by atoms with Crippen LogP contribution in [0.2, 0.25) is 0 Å². The third kappa shape index (κ3) is 2.86. The standard InChI is InChI=1S/C10H17NO2/c1-4-7(2)11-10(12)9-6-5-8(3)13-9/h5-7,10-12H,4H2,1-3H3/t7?,10-/m1/s1. The smallest absolute Gasteiger partial charge is 0.164 e. The van der Waals surface area contributed by atoms with E-state index < -0.39 is 6.23 Å². The molecule has 3 nitrogen and oxygen atoms in total. The number of furan rings is 1. The van der Waals surface area contributed by atoms with Gasteiger partial charge in [0.25, 0.3) is 0 Å². The molecule has 0 aliphatic heterocycles. The Morgan fingerprint density at radius 3 is 2.69 bits per heavy atom. The highest BCUT2D eigenvalue weighted by molar-refractivity contribution is 5.07. The lowest BCUT2D eigenvalue weighted by atomic mass is 10.2. The predicted octanol–water partition coefficient (Wildman–Crippen LogP) is 1.97. The van der Waals surface area contributed by atoms with Crippen molar-refractivity contribution in [2.75, 3.05) is 0 Å². The molecular formula is C10H17NO2. The highest BCUT2D eigenvalue weighted by atomic mass is 16.4. The summed E-state index contributed by atoms with van der Waals surface area (Å²) in [6.07, 6.45) is 0.292. The van der Waals surface area contributed by atoms with E-state index in [-0.39, 0.29) is 0 Å². The summed E-state index contributed by atoms with van der Waals surface area (Å²) in [6.45, 7) is 5.95. The minimum Gasteiger partial charge on any atom is -0.462 e. The van der Waals surface area contributed by atoms with E-state index in [9.17, 15) is 5.11 Å². The molecule has 1 aromatic heterocycles. The van der Waals surface area contributed by atoms with Crippen LogP contribution in [0.3, 0.4) is 0 Å². The summed E-state index contributed by atoms with van der Waals surface area (Å²) >= 11 is 0. The maximum absolute atomic E-state index is 9.63. The zero-order valence-electron chi connectivity index (χ0n) is 8.37. The van der Waals surface area contributed by atoms with Crippen molar-refractivity contribution in [3.8, 4) is 0 Å². The van der Waals surface area contributed by atoms with Gasteiger partial charge in [-0.15, -0.1) is 0 Å². The molecule has 0 saturated heterocycles. The van der Waals surface area contributed by atoms with Gasteiger partial charge in [-0.1, -0.05) is 6.92 Å². The van der Waals surface area contributed by atoms with Gasteiger partial charge in [-0.3, -0.25) is 5.32 Å². The summed E-state index contributed by atoms with van der Waals surface area (Å²) in [5.74, 6) is 1.40. The lowest BCUT2D eigenvalue weighted by Crippen LogP contribution is -2.29. The van der Waals surface area contributed by atoms with Gasteiger partial charge in [-0.25, -0.2) is 0 Å². The molecule has 0 bridgehead atoms. The Bertz CT molecular complexity index is 257. The molecule has 2 atom stereocenters. The second kappa shape index (κ2) is 4.44. The molecule has 74 valence electrons. The third-order valence-electron chi connectivity index (χ3n) is 2.09. The van der Waals surface area contributed by atoms with Crippen LogP contribution in [0.15, 0.2) is 16.5 Å². The Morgan fingerprint density at radius 1 is 1.54 bits per heavy atom. The highest BCUT2D eigenvalue weighted by Crippen LogP contribution is 2.14. The van der Waals surface area contributed by atoms with Crippen molar-refractivity contribution < 1.29 is 9.52 Å². The molecular weight excluding hydrogens is 166 g/mol. The van der Waals surface area contributed by atoms with E-state index in [1.165, 1.54) is 0 Å². The Balaban J connectivity index is 2.53. The van der Waals surface area contributed by atoms with Crippen LogP contribution in [-0.4, -0.2) is 11.1 Å². The molecule has 0 saturated carbocycles. The van der Waals surface area contributed by atoms with Crippen molar-refractivity contribution in [2.24, 2.45) is 0 Å². The van der Waals surface area contributed by atoms with Crippen LogP contribution in [0.4, 0.5) is 0 Å². The second-order valence-corrected chi connectivity index (χ2v) is 3.33. The zero-order valence-corrected chi connectivity index (χ0v) is 8.37. The van der Waals surface area contributed by atoms with Crippen LogP contribution in [-0.2, 0) is 0 Å². The molecule has 13 heavy (non-hydrogen) atoms. The van der Waals surface area contributed by atoms with Crippen LogP contribution < -0.4 is 5.32 Å². The van der Waals surface area contributed by atoms with Crippen molar-refractivity contribution in [1.82, 2.24) is 5.32 Å². The zero-order chi connectivity index (χ0) is 9.84. The Labute approximate surface area is 78.8 Å². The molecule has 1 aromatic rings. The quantitative estimate of drug-likeness (QED) is 0.701. The van der Waals surface area contributed by atoms with Crippen LogP contribution >= 0.6 is 0 Å². The molecule has 2 N–H and O–H groups in total. The normalized spacial score (nSPS) is 15.7. The largest absolute Gasteiger partial charge is 0.462 e. The predicted molar refractivity (Wildman–Crippen MR) is 51.3 cm³/mol. The molecule has 0 amide bonds. The van der Waals surface area contributed by atoms with Crippen LogP contribution in [0.5, 0.6) is 0 Å². The minimum atomic E-state index is -0.691. The molecule has 0 aromatic carbocycles. The van der Waals surface area contributed by atoms with Crippen molar-refractivity contribution >= 4 is 0 Å². The van der Waals surface area contributed by atoms with Gasteiger partial charge < -0.3 is 9.52 Å². The summed E-state index contributed by atoms with van der Waals surface area (Å²) in [4.78, 5) is 0. The molecule has 0 aliphatic carbocycles. The van der Waals surface area contributed by atoms with Gasteiger partial charge in [0.05, 0.1) is 0 Å². The molecule has 1 heterocycles. The lowest BCUT2D eigenvalue weighted by Gasteiger charge is -2.15. The van der Waals surface area contributed by atoms with Gasteiger partial charge in [0.15, 0.2) is 6.23 Å². The van der Waals surface area contributed by atoms with Gasteiger partial charge in [0.1, 0.15) is 11.5 Å². The van der Waals surface area contributed by atoms with E-state index >= 15 is 0 Å². The number of hydrogen-bond acceptors (Lipinski definition) is 3. The minimum absolute atomic E-state index is 0.292. The maximum atomic E-state index is 9.63. The summed E-state index contributed by atoms with van der Waals surface area (Å²) < 4.78 is 5.28. The summed E-state index contributed by atoms with van der Waals surface area (Å²) in [6, 6.07) is 3.92. The first kappa shape index (κ1) is 10.3. The first-order valence-electron chi connectivity index (χ1n) is 4.64. The van der Waals surface area contributed by atoms with Gasteiger partial charge in [-0.05, 0) is 32.4 Å². The molecule has 0 spiro atoms. The summed E-state index contributed by atoms with van der Waals surface area (Å²) in [7, 11) is 0. The second-order valence-electron chi connectivity index (χ2n) is 3.33. The number of aryl methyl sites for hydroxylation is 1. The number of nitrogens with one attached hydrogen (secondary N) is 1. The average Bonchev–Trinajstić information content (AvgIpc) is 2.51. The van der Waals surface area contributed by atoms with Gasteiger partial charge in [-0.2, -0.15) is 0 Å². The van der Waals surface area contributed by atoms with Crippen LogP contribution in [0, 0.1) is 6.92 Å². The Morgan fingerprint density at radius 2 is 2.23 bits per heavy atom. The molecule has 1 rings (SSSR count). The van der Waals surface area contributed by atoms with Crippen molar-refractivity contribution in [2.45, 2.75) is 39.5 Å². The lowest BCUT2D eigenvalue weighted by molar-refractivity contribution is 0.100. The topological polar surface area (TPSA) is 45.4 Å². The fourth-order valence-electron chi connectivity index (χ4n) is 1.07. The van der Waals surface area contributed by atoms with Gasteiger partial charge in [0, 0.05) is 6.04 Å². The van der Waals surface area contributed by atoms with E-state index in [4.69, 9.17) is 4.42 Å². The van der Waals surface area contributed by atoms with E-state index in [1.807, 2.05) is 19.9 Å². The third-order valence-corrected chi connectivity index (χ3v) is 2.09. The first-order valence-corrected chi connectivity index (χ1v) is 4.64. The summed E-state index contributed by atoms with van der Waals surface area (Å²) in [5.41, 5.74) is 0. The van der Waals surface area contributed by atoms with E-state index in [0.29, 0.717) is 11.8 Å². The Kier molecular flexibility index (Phi) is 3.51. The highest BCUT2D eigenvalue weighted by Gasteiger charge is 2.12. The van der Waals surface area contributed by atoms with Crippen molar-refractivity contribution in [3.63, 3.8) is 0 Å². The molecule has 0 radical (unpaired) electrons. The van der Waals surface area contributed by atoms with E-state index in [0.717, 1.165) is 12.2 Å². The fourth-order valence-corrected chi connectivity index (χ4v) is 1.07. The Hall–Kier alpha value is -0.800. The van der Waals surface area contributed by atoms with Crippen LogP contribution in [0.25, 0.3) is 0 Å². The number of hydrogen-bond donors (Lipinski definition) is 2. The summed E-state index contributed by atoms with van der Waals surface area (Å²) in [5, 5.41) is 12.7. The number of aliphatic hydroxyl groups is 1. The van der Waals surface area contributed by atoms with Gasteiger partial charge >= 0.3 is 0 Å². The maximum Gasteiger partial charge on any atom is 0.164 e. The first-order chi connectivity index (χ1) is 6.13. The number of aliphatic hydroxyl groups excluding tert-OH is 1. The molecule has 1 unspecified atom stereocenters. The molecule has 0 aliphatic rings. The molecule has 3 heteroatoms. The average molecular weight is 183 g/mol. The number of rotatable bonds is 4. The fraction of sp³-hybridized carbons (Fsp3) is 0.600. The van der Waals surface area contributed by atoms with Crippen molar-refractivity contribution in [1.29, 1.82) is 0 Å². The van der Waals surface area contributed by atoms with Crippen molar-refractivity contribution in [3.05, 3.63) is 23.7 Å². The SMILES string of the molecule is CCC(C)N[C@H](O)c1ccc(C)o1. The monoisotopic (exact) mass is 183 g/mol. The van der Waals surface area contributed by atoms with E-state index in [2.05, 4.69) is 12.2 Å². The van der Waals surface area contributed by atoms with Gasteiger partial charge in [0.2, 0.25) is 0 Å².